The number of nitrogens with two attached hydrogens (primary N) is 1. The van der Waals surface area contributed by atoms with Crippen molar-refractivity contribution in [1.82, 2.24) is 14.5 Å². The van der Waals surface area contributed by atoms with Gasteiger partial charge in [0.05, 0.1) is 19.3 Å². The molecule has 0 aromatic carbocycles. The normalized spacial score (nSPS) is 24.2. The number of alkyl halides is 3. The molecule has 1 aliphatic rings. The summed E-state index contributed by atoms with van der Waals surface area (Å²) in [7, 11) is 0. The molecule has 2 atom stereocenters. The summed E-state index contributed by atoms with van der Waals surface area (Å²) in [5.41, 5.74) is 5.35. The number of halogens is 3. The Bertz CT molecular complexity index is 503. The van der Waals surface area contributed by atoms with E-state index in [1.807, 2.05) is 0 Å². The second-order valence-corrected chi connectivity index (χ2v) is 4.98. The van der Waals surface area contributed by atoms with Gasteiger partial charge in [-0.05, 0) is 6.92 Å². The van der Waals surface area contributed by atoms with Crippen molar-refractivity contribution in [3.63, 3.8) is 0 Å². The third-order valence-corrected chi connectivity index (χ3v) is 3.38. The quantitative estimate of drug-likeness (QED) is 0.880. The van der Waals surface area contributed by atoms with E-state index in [-0.39, 0.29) is 12.4 Å². The molecule has 118 valence electrons. The molecule has 1 amide bonds. The minimum atomic E-state index is -4.32. The van der Waals surface area contributed by atoms with Gasteiger partial charge in [0.15, 0.2) is 0 Å². The predicted molar refractivity (Wildman–Crippen MR) is 67.1 cm³/mol. The molecule has 2 heterocycles. The molecule has 1 aliphatic heterocycles. The van der Waals surface area contributed by atoms with E-state index in [1.165, 1.54) is 12.4 Å². The lowest BCUT2D eigenvalue weighted by molar-refractivity contribution is -0.143. The maximum Gasteiger partial charge on any atom is 0.406 e. The second-order valence-electron chi connectivity index (χ2n) is 4.98. The number of hydrogen-bond acceptors (Lipinski definition) is 4. The minimum absolute atomic E-state index is 0.115. The molecular weight excluding hydrogens is 289 g/mol. The van der Waals surface area contributed by atoms with Crippen LogP contribution in [0.25, 0.3) is 0 Å². The molecule has 21 heavy (non-hydrogen) atoms. The van der Waals surface area contributed by atoms with Gasteiger partial charge in [-0.2, -0.15) is 13.2 Å². The largest absolute Gasteiger partial charge is 0.406 e. The molecule has 0 aliphatic carbocycles. The molecule has 0 unspecified atom stereocenters. The van der Waals surface area contributed by atoms with Crippen molar-refractivity contribution in [1.29, 1.82) is 0 Å². The van der Waals surface area contributed by atoms with Crippen molar-refractivity contribution >= 4 is 5.91 Å². The Morgan fingerprint density at radius 3 is 2.90 bits per heavy atom. The van der Waals surface area contributed by atoms with Crippen LogP contribution in [0.1, 0.15) is 12.7 Å². The monoisotopic (exact) mass is 306 g/mol. The average Bonchev–Trinajstić information content (AvgIpc) is 2.73. The number of carbonyl (C=O) groups is 1. The fourth-order valence-electron chi connectivity index (χ4n) is 2.48. The Labute approximate surface area is 119 Å². The highest BCUT2D eigenvalue weighted by molar-refractivity contribution is 5.80. The third kappa shape index (κ3) is 3.94. The van der Waals surface area contributed by atoms with Crippen molar-refractivity contribution in [3.05, 3.63) is 18.2 Å². The maximum atomic E-state index is 12.5. The first kappa shape index (κ1) is 15.8. The van der Waals surface area contributed by atoms with Crippen LogP contribution in [0.4, 0.5) is 13.2 Å². The Morgan fingerprint density at radius 2 is 2.29 bits per heavy atom. The number of amides is 1. The number of carbonyl (C=O) groups excluding carboxylic acids is 1. The number of imidazole rings is 1. The molecule has 1 saturated heterocycles. The molecular formula is C12H17F3N4O2. The molecule has 1 aromatic rings. The molecule has 6 nitrogen and oxygen atoms in total. The maximum absolute atomic E-state index is 12.5. The Balaban J connectivity index is 2.13. The minimum Gasteiger partial charge on any atom is -0.375 e. The summed E-state index contributed by atoms with van der Waals surface area (Å²) in [4.78, 5) is 17.2. The van der Waals surface area contributed by atoms with E-state index in [0.29, 0.717) is 13.2 Å². The van der Waals surface area contributed by atoms with Crippen LogP contribution < -0.4 is 5.73 Å². The van der Waals surface area contributed by atoms with Gasteiger partial charge in [0.25, 0.3) is 0 Å². The summed E-state index contributed by atoms with van der Waals surface area (Å²) in [5.74, 6) is -0.316. The van der Waals surface area contributed by atoms with Crippen molar-refractivity contribution in [2.45, 2.75) is 38.3 Å². The first-order valence-electron chi connectivity index (χ1n) is 6.49. The topological polar surface area (TPSA) is 73.4 Å². The zero-order chi connectivity index (χ0) is 15.6. The second kappa shape index (κ2) is 6.02. The van der Waals surface area contributed by atoms with Crippen LogP contribution in [-0.4, -0.2) is 51.8 Å². The van der Waals surface area contributed by atoms with Gasteiger partial charge in [-0.25, -0.2) is 4.98 Å². The van der Waals surface area contributed by atoms with Crippen LogP contribution in [0.2, 0.25) is 0 Å². The number of rotatable bonds is 4. The van der Waals surface area contributed by atoms with Gasteiger partial charge in [0.2, 0.25) is 5.91 Å². The molecule has 2 N–H and O–H groups in total. The van der Waals surface area contributed by atoms with E-state index in [1.54, 1.807) is 11.8 Å². The third-order valence-electron chi connectivity index (χ3n) is 3.38. The summed E-state index contributed by atoms with van der Waals surface area (Å²) in [6.07, 6.45) is -2.14. The number of morpholine rings is 1. The summed E-state index contributed by atoms with van der Waals surface area (Å²) in [5, 5.41) is 0. The van der Waals surface area contributed by atoms with Crippen molar-refractivity contribution < 1.29 is 22.7 Å². The van der Waals surface area contributed by atoms with E-state index >= 15 is 0 Å². The first-order chi connectivity index (χ1) is 9.78. The lowest BCUT2D eigenvalue weighted by atomic mass is 10.1. The predicted octanol–water partition coefficient (Wildman–Crippen LogP) is 0.520. The molecule has 0 spiro atoms. The van der Waals surface area contributed by atoms with Crippen LogP contribution in [0.3, 0.4) is 0 Å². The van der Waals surface area contributed by atoms with Gasteiger partial charge >= 0.3 is 6.18 Å². The standard InChI is InChI=1S/C12H17F3N4O2/c1-8-10(11(16)20)18(4-5-21-8)6-9-17-2-3-19(9)7-12(13,14)15/h2-3,8,10H,4-7H2,1H3,(H2,16,20)/t8-,10+/m1/s1. The number of aromatic nitrogens is 2. The fraction of sp³-hybridized carbons (Fsp3) is 0.667. The summed E-state index contributed by atoms with van der Waals surface area (Å²) in [6.45, 7) is 1.53. The van der Waals surface area contributed by atoms with Crippen molar-refractivity contribution in [2.24, 2.45) is 5.73 Å². The van der Waals surface area contributed by atoms with E-state index in [0.717, 1.165) is 4.57 Å². The molecule has 0 saturated carbocycles. The zero-order valence-electron chi connectivity index (χ0n) is 11.5. The summed E-state index contributed by atoms with van der Waals surface area (Å²) < 4.78 is 43.9. The Hall–Kier alpha value is -1.61. The van der Waals surface area contributed by atoms with Crippen molar-refractivity contribution in [2.75, 3.05) is 13.2 Å². The summed E-state index contributed by atoms with van der Waals surface area (Å²) in [6, 6.07) is -0.671. The van der Waals surface area contributed by atoms with Gasteiger partial charge in [0.1, 0.15) is 18.4 Å². The Morgan fingerprint density at radius 1 is 1.57 bits per heavy atom. The zero-order valence-corrected chi connectivity index (χ0v) is 11.5. The van der Waals surface area contributed by atoms with Crippen LogP contribution in [0.15, 0.2) is 12.4 Å². The Kier molecular flexibility index (Phi) is 4.52. The van der Waals surface area contributed by atoms with Gasteiger partial charge in [-0.1, -0.05) is 0 Å². The van der Waals surface area contributed by atoms with E-state index in [4.69, 9.17) is 10.5 Å². The van der Waals surface area contributed by atoms with Gasteiger partial charge < -0.3 is 15.0 Å². The SMILES string of the molecule is C[C@H]1OCCN(Cc2nccn2CC(F)(F)F)[C@@H]1C(N)=O. The van der Waals surface area contributed by atoms with Crippen LogP contribution in [-0.2, 0) is 22.6 Å². The van der Waals surface area contributed by atoms with E-state index < -0.39 is 30.8 Å². The lowest BCUT2D eigenvalue weighted by Gasteiger charge is -2.37. The van der Waals surface area contributed by atoms with Crippen LogP contribution >= 0.6 is 0 Å². The highest BCUT2D eigenvalue weighted by Crippen LogP contribution is 2.20. The van der Waals surface area contributed by atoms with Gasteiger partial charge in [0, 0.05) is 18.9 Å². The lowest BCUT2D eigenvalue weighted by Crippen LogP contribution is -2.56. The molecule has 2 rings (SSSR count). The fourth-order valence-corrected chi connectivity index (χ4v) is 2.48. The number of primary amides is 1. The molecule has 9 heteroatoms. The highest BCUT2D eigenvalue weighted by Gasteiger charge is 2.35. The molecule has 1 aromatic heterocycles. The average molecular weight is 306 g/mol. The number of nitrogens with zero attached hydrogens (tertiary/aromatic N) is 3. The molecule has 1 fully saturated rings. The van der Waals surface area contributed by atoms with E-state index in [2.05, 4.69) is 4.98 Å². The number of hydrogen-bond donors (Lipinski definition) is 1. The number of ether oxygens (including phenoxy) is 1. The van der Waals surface area contributed by atoms with Crippen molar-refractivity contribution in [3.8, 4) is 0 Å². The highest BCUT2D eigenvalue weighted by atomic mass is 19.4. The van der Waals surface area contributed by atoms with Crippen LogP contribution in [0, 0.1) is 0 Å². The van der Waals surface area contributed by atoms with Crippen LogP contribution in [0.5, 0.6) is 0 Å². The molecule has 0 radical (unpaired) electrons. The first-order valence-corrected chi connectivity index (χ1v) is 6.49. The summed E-state index contributed by atoms with van der Waals surface area (Å²) >= 11 is 0. The van der Waals surface area contributed by atoms with Gasteiger partial charge in [-0.3, -0.25) is 9.69 Å². The van der Waals surface area contributed by atoms with E-state index in [9.17, 15) is 18.0 Å². The smallest absolute Gasteiger partial charge is 0.375 e. The molecule has 0 bridgehead atoms. The van der Waals surface area contributed by atoms with Gasteiger partial charge in [-0.15, -0.1) is 0 Å².